The Balaban J connectivity index is 1.84. The molecule has 1 fully saturated rings. The lowest BCUT2D eigenvalue weighted by Gasteiger charge is -2.29. The topological polar surface area (TPSA) is 38.8 Å². The smallest absolute Gasteiger partial charge is 0.337 e. The number of hydrogen-bond donors (Lipinski definition) is 0. The van der Waals surface area contributed by atoms with Crippen molar-refractivity contribution in [1.82, 2.24) is 4.90 Å². The first-order chi connectivity index (χ1) is 9.19. The molecule has 19 heavy (non-hydrogen) atoms. The second kappa shape index (κ2) is 6.57. The largest absolute Gasteiger partial charge is 0.493 e. The van der Waals surface area contributed by atoms with E-state index in [2.05, 4.69) is 16.7 Å². The molecule has 0 spiro atoms. The van der Waals surface area contributed by atoms with Gasteiger partial charge in [-0.25, -0.2) is 4.79 Å². The molecule has 1 aromatic rings. The maximum absolute atomic E-state index is 11.3. The summed E-state index contributed by atoms with van der Waals surface area (Å²) >= 11 is 0. The number of methoxy groups -OCH3 is 1. The average Bonchev–Trinajstić information content (AvgIpc) is 2.45. The highest BCUT2D eigenvalue weighted by Gasteiger charge is 2.17. The molecule has 4 nitrogen and oxygen atoms in total. The quantitative estimate of drug-likeness (QED) is 0.781. The first-order valence-corrected chi connectivity index (χ1v) is 6.69. The number of carbonyl (C=O) groups is 1. The van der Waals surface area contributed by atoms with E-state index in [1.807, 2.05) is 12.1 Å². The lowest BCUT2D eigenvalue weighted by atomic mass is 10.00. The molecule has 0 bridgehead atoms. The first kappa shape index (κ1) is 13.9. The molecule has 1 saturated heterocycles. The number of ether oxygens (including phenoxy) is 2. The fraction of sp³-hybridized carbons (Fsp3) is 0.533. The summed E-state index contributed by atoms with van der Waals surface area (Å²) in [4.78, 5) is 13.6. The maximum Gasteiger partial charge on any atom is 0.337 e. The second-order valence-corrected chi connectivity index (χ2v) is 5.10. The van der Waals surface area contributed by atoms with Crippen LogP contribution in [-0.4, -0.2) is 44.7 Å². The zero-order valence-corrected chi connectivity index (χ0v) is 11.6. The molecular weight excluding hydrogens is 242 g/mol. The predicted molar refractivity (Wildman–Crippen MR) is 73.5 cm³/mol. The van der Waals surface area contributed by atoms with Crippen molar-refractivity contribution in [3.05, 3.63) is 29.8 Å². The van der Waals surface area contributed by atoms with Gasteiger partial charge in [-0.05, 0) is 50.7 Å². The standard InChI is InChI=1S/C15H21NO3/c1-16-9-3-4-12(10-16)11-19-14-7-5-13(6-8-14)15(17)18-2/h5-8,12H,3-4,9-11H2,1-2H3. The molecule has 1 aliphatic rings. The molecule has 2 rings (SSSR count). The molecule has 0 radical (unpaired) electrons. The summed E-state index contributed by atoms with van der Waals surface area (Å²) in [5.41, 5.74) is 0.548. The number of esters is 1. The van der Waals surface area contributed by atoms with E-state index in [9.17, 15) is 4.79 Å². The number of nitrogens with zero attached hydrogens (tertiary/aromatic N) is 1. The Labute approximate surface area is 114 Å². The monoisotopic (exact) mass is 263 g/mol. The first-order valence-electron chi connectivity index (χ1n) is 6.69. The van der Waals surface area contributed by atoms with Gasteiger partial charge in [-0.1, -0.05) is 0 Å². The average molecular weight is 263 g/mol. The van der Waals surface area contributed by atoms with Gasteiger partial charge in [0, 0.05) is 12.5 Å². The molecule has 1 unspecified atom stereocenters. The number of likely N-dealkylation sites (tertiary alicyclic amines) is 1. The Morgan fingerprint density at radius 3 is 2.74 bits per heavy atom. The Morgan fingerprint density at radius 2 is 2.11 bits per heavy atom. The molecule has 0 aromatic heterocycles. The number of hydrogen-bond acceptors (Lipinski definition) is 4. The molecule has 1 atom stereocenters. The van der Waals surface area contributed by atoms with Gasteiger partial charge in [0.05, 0.1) is 19.3 Å². The van der Waals surface area contributed by atoms with Crippen LogP contribution in [-0.2, 0) is 4.74 Å². The van der Waals surface area contributed by atoms with Crippen molar-refractivity contribution in [2.75, 3.05) is 33.9 Å². The van der Waals surface area contributed by atoms with Crippen LogP contribution >= 0.6 is 0 Å². The van der Waals surface area contributed by atoms with Crippen LogP contribution in [0.5, 0.6) is 5.75 Å². The van der Waals surface area contributed by atoms with Gasteiger partial charge in [-0.15, -0.1) is 0 Å². The van der Waals surface area contributed by atoms with Crippen molar-refractivity contribution >= 4 is 5.97 Å². The van der Waals surface area contributed by atoms with Crippen LogP contribution in [0.4, 0.5) is 0 Å². The number of benzene rings is 1. The number of carbonyl (C=O) groups excluding carboxylic acids is 1. The Hall–Kier alpha value is -1.55. The van der Waals surface area contributed by atoms with Crippen molar-refractivity contribution in [2.45, 2.75) is 12.8 Å². The van der Waals surface area contributed by atoms with Crippen LogP contribution in [0, 0.1) is 5.92 Å². The van der Waals surface area contributed by atoms with Gasteiger partial charge in [0.25, 0.3) is 0 Å². The van der Waals surface area contributed by atoms with E-state index >= 15 is 0 Å². The minimum absolute atomic E-state index is 0.319. The van der Waals surface area contributed by atoms with Gasteiger partial charge >= 0.3 is 5.97 Å². The second-order valence-electron chi connectivity index (χ2n) is 5.10. The predicted octanol–water partition coefficient (Wildman–Crippen LogP) is 2.19. The van der Waals surface area contributed by atoms with Crippen molar-refractivity contribution < 1.29 is 14.3 Å². The lowest BCUT2D eigenvalue weighted by molar-refractivity contribution is 0.0600. The van der Waals surface area contributed by atoms with Gasteiger partial charge in [0.15, 0.2) is 0 Å². The van der Waals surface area contributed by atoms with E-state index in [-0.39, 0.29) is 5.97 Å². The normalized spacial score (nSPS) is 20.0. The fourth-order valence-corrected chi connectivity index (χ4v) is 2.43. The van der Waals surface area contributed by atoms with E-state index < -0.39 is 0 Å². The lowest BCUT2D eigenvalue weighted by Crippen LogP contribution is -2.34. The fourth-order valence-electron chi connectivity index (χ4n) is 2.43. The Kier molecular flexibility index (Phi) is 4.80. The molecule has 1 aliphatic heterocycles. The SMILES string of the molecule is COC(=O)c1ccc(OCC2CCCN(C)C2)cc1. The minimum Gasteiger partial charge on any atom is -0.493 e. The molecule has 1 heterocycles. The van der Waals surface area contributed by atoms with Crippen LogP contribution in [0.15, 0.2) is 24.3 Å². The molecule has 104 valence electrons. The molecule has 0 amide bonds. The molecular formula is C15H21NO3. The van der Waals surface area contributed by atoms with E-state index in [1.54, 1.807) is 12.1 Å². The van der Waals surface area contributed by atoms with Crippen LogP contribution in [0.1, 0.15) is 23.2 Å². The summed E-state index contributed by atoms with van der Waals surface area (Å²) in [5, 5.41) is 0. The Bertz CT molecular complexity index is 416. The van der Waals surface area contributed by atoms with Gasteiger partial charge in [-0.2, -0.15) is 0 Å². The summed E-state index contributed by atoms with van der Waals surface area (Å²) in [6.45, 7) is 3.02. The highest BCUT2D eigenvalue weighted by Crippen LogP contribution is 2.18. The Morgan fingerprint density at radius 1 is 1.37 bits per heavy atom. The third-order valence-corrected chi connectivity index (χ3v) is 3.48. The number of rotatable bonds is 4. The van der Waals surface area contributed by atoms with Crippen molar-refractivity contribution in [3.63, 3.8) is 0 Å². The summed E-state index contributed by atoms with van der Waals surface area (Å²) in [6, 6.07) is 7.10. The van der Waals surface area contributed by atoms with Gasteiger partial charge < -0.3 is 14.4 Å². The highest BCUT2D eigenvalue weighted by atomic mass is 16.5. The summed E-state index contributed by atoms with van der Waals surface area (Å²) in [7, 11) is 3.53. The number of piperidine rings is 1. The minimum atomic E-state index is -0.319. The molecule has 0 N–H and O–H groups in total. The van der Waals surface area contributed by atoms with Crippen LogP contribution in [0.3, 0.4) is 0 Å². The molecule has 0 aliphatic carbocycles. The third kappa shape index (κ3) is 3.96. The maximum atomic E-state index is 11.3. The van der Waals surface area contributed by atoms with Crippen molar-refractivity contribution in [1.29, 1.82) is 0 Å². The third-order valence-electron chi connectivity index (χ3n) is 3.48. The summed E-state index contributed by atoms with van der Waals surface area (Å²) < 4.78 is 10.4. The van der Waals surface area contributed by atoms with Gasteiger partial charge in [0.2, 0.25) is 0 Å². The van der Waals surface area contributed by atoms with Crippen molar-refractivity contribution in [2.24, 2.45) is 5.92 Å². The van der Waals surface area contributed by atoms with Crippen LogP contribution in [0.2, 0.25) is 0 Å². The molecule has 0 saturated carbocycles. The van der Waals surface area contributed by atoms with Gasteiger partial charge in [-0.3, -0.25) is 0 Å². The van der Waals surface area contributed by atoms with E-state index in [0.717, 1.165) is 18.9 Å². The molecule has 1 aromatic carbocycles. The van der Waals surface area contributed by atoms with Crippen LogP contribution < -0.4 is 4.74 Å². The highest BCUT2D eigenvalue weighted by molar-refractivity contribution is 5.89. The van der Waals surface area contributed by atoms with E-state index in [4.69, 9.17) is 4.74 Å². The van der Waals surface area contributed by atoms with E-state index in [1.165, 1.54) is 26.5 Å². The van der Waals surface area contributed by atoms with Crippen molar-refractivity contribution in [3.8, 4) is 5.75 Å². The zero-order chi connectivity index (χ0) is 13.7. The molecule has 4 heteroatoms. The summed E-state index contributed by atoms with van der Waals surface area (Å²) in [6.07, 6.45) is 2.47. The van der Waals surface area contributed by atoms with Gasteiger partial charge in [0.1, 0.15) is 5.75 Å². The van der Waals surface area contributed by atoms with Crippen LogP contribution in [0.25, 0.3) is 0 Å². The zero-order valence-electron chi connectivity index (χ0n) is 11.6. The summed E-state index contributed by atoms with van der Waals surface area (Å²) in [5.74, 6) is 1.08. The van der Waals surface area contributed by atoms with E-state index in [0.29, 0.717) is 11.5 Å².